The minimum absolute atomic E-state index is 0.402. The van der Waals surface area contributed by atoms with Gasteiger partial charge in [0.15, 0.2) is 0 Å². The van der Waals surface area contributed by atoms with E-state index in [4.69, 9.17) is 5.11 Å². The van der Waals surface area contributed by atoms with Gasteiger partial charge in [-0.3, -0.25) is 0 Å². The van der Waals surface area contributed by atoms with E-state index in [9.17, 15) is 4.79 Å². The van der Waals surface area contributed by atoms with E-state index in [1.165, 1.54) is 32.1 Å². The van der Waals surface area contributed by atoms with Crippen LogP contribution < -0.4 is 0 Å². The fourth-order valence-corrected chi connectivity index (χ4v) is 4.96. The largest absolute Gasteiger partial charge is 0.478 e. The summed E-state index contributed by atoms with van der Waals surface area (Å²) < 4.78 is 0. The molecule has 0 atom stereocenters. The van der Waals surface area contributed by atoms with Gasteiger partial charge >= 0.3 is 5.97 Å². The lowest BCUT2D eigenvalue weighted by Crippen LogP contribution is -2.45. The molecule has 0 aliphatic heterocycles. The molecule has 4 saturated carbocycles. The molecule has 0 aromatic rings. The van der Waals surface area contributed by atoms with Crippen LogP contribution in [-0.2, 0) is 4.79 Å². The lowest BCUT2D eigenvalue weighted by Gasteiger charge is -2.54. The molecular formula is C15H22O2. The molecule has 4 bridgehead atoms. The smallest absolute Gasteiger partial charge is 0.330 e. The molecule has 0 amide bonds. The molecule has 0 aromatic carbocycles. The Labute approximate surface area is 103 Å². The third kappa shape index (κ3) is 2.02. The van der Waals surface area contributed by atoms with E-state index in [-0.39, 0.29) is 0 Å². The molecule has 4 rings (SSSR count). The van der Waals surface area contributed by atoms with Crippen molar-refractivity contribution in [1.82, 2.24) is 0 Å². The maximum atomic E-state index is 10.8. The summed E-state index contributed by atoms with van der Waals surface area (Å²) in [6, 6.07) is 0. The number of hydrogen-bond acceptors (Lipinski definition) is 1. The molecule has 0 radical (unpaired) electrons. The first-order chi connectivity index (χ1) is 8.13. The Kier molecular flexibility index (Phi) is 2.76. The first-order valence-electron chi connectivity index (χ1n) is 7.04. The summed E-state index contributed by atoms with van der Waals surface area (Å²) in [6.45, 7) is 3.66. The second-order valence-corrected chi connectivity index (χ2v) is 6.54. The van der Waals surface area contributed by atoms with Crippen molar-refractivity contribution in [2.45, 2.75) is 44.9 Å². The zero-order valence-corrected chi connectivity index (χ0v) is 10.4. The molecule has 2 heteroatoms. The predicted molar refractivity (Wildman–Crippen MR) is 66.5 cm³/mol. The van der Waals surface area contributed by atoms with Crippen molar-refractivity contribution in [3.8, 4) is 0 Å². The van der Waals surface area contributed by atoms with Crippen molar-refractivity contribution in [2.24, 2.45) is 29.6 Å². The monoisotopic (exact) mass is 234 g/mol. The molecule has 4 aliphatic rings. The molecular weight excluding hydrogens is 212 g/mol. The molecule has 0 unspecified atom stereocenters. The fourth-order valence-electron chi connectivity index (χ4n) is 4.96. The third-order valence-corrected chi connectivity index (χ3v) is 5.50. The predicted octanol–water partition coefficient (Wildman–Crippen LogP) is 3.48. The average Bonchev–Trinajstić information content (AvgIpc) is 2.26. The van der Waals surface area contributed by atoms with Crippen LogP contribution in [0.15, 0.2) is 12.2 Å². The molecule has 4 fully saturated rings. The average molecular weight is 234 g/mol. The molecule has 2 nitrogen and oxygen atoms in total. The van der Waals surface area contributed by atoms with Crippen LogP contribution in [0.2, 0.25) is 0 Å². The van der Waals surface area contributed by atoms with Crippen molar-refractivity contribution >= 4 is 5.97 Å². The third-order valence-electron chi connectivity index (χ3n) is 5.50. The first kappa shape index (κ1) is 11.3. The molecule has 0 aromatic heterocycles. The topological polar surface area (TPSA) is 37.3 Å². The van der Waals surface area contributed by atoms with Gasteiger partial charge in [-0.05, 0) is 74.5 Å². The van der Waals surface area contributed by atoms with E-state index in [1.807, 2.05) is 0 Å². The second kappa shape index (κ2) is 4.15. The normalized spacial score (nSPS) is 42.7. The Bertz CT molecular complexity index is 317. The number of carboxylic acids is 1. The number of aliphatic carboxylic acids is 1. The number of carboxylic acid groups (broad SMARTS) is 1. The number of rotatable bonds is 4. The summed E-state index contributed by atoms with van der Waals surface area (Å²) in [4.78, 5) is 10.8. The summed E-state index contributed by atoms with van der Waals surface area (Å²) in [6.07, 6.45) is 8.96. The minimum Gasteiger partial charge on any atom is -0.478 e. The van der Waals surface area contributed by atoms with Crippen molar-refractivity contribution in [3.63, 3.8) is 0 Å². The molecule has 0 spiro atoms. The van der Waals surface area contributed by atoms with Crippen LogP contribution in [0.1, 0.15) is 44.9 Å². The SMILES string of the molecule is C=C(CCC1C2CC3CC(C2)CC1C3)C(=O)O. The Morgan fingerprint density at radius 1 is 1.06 bits per heavy atom. The minimum atomic E-state index is -0.811. The number of hydrogen-bond donors (Lipinski definition) is 1. The van der Waals surface area contributed by atoms with Crippen molar-refractivity contribution in [1.29, 1.82) is 0 Å². The maximum absolute atomic E-state index is 10.8. The highest BCUT2D eigenvalue weighted by molar-refractivity contribution is 5.85. The second-order valence-electron chi connectivity index (χ2n) is 6.54. The van der Waals surface area contributed by atoms with E-state index in [2.05, 4.69) is 6.58 Å². The van der Waals surface area contributed by atoms with Gasteiger partial charge in [0.25, 0.3) is 0 Å². The highest BCUT2D eigenvalue weighted by Gasteiger charge is 2.47. The van der Waals surface area contributed by atoms with Gasteiger partial charge in [-0.15, -0.1) is 0 Å². The van der Waals surface area contributed by atoms with Gasteiger partial charge in [0, 0.05) is 5.57 Å². The van der Waals surface area contributed by atoms with E-state index >= 15 is 0 Å². The van der Waals surface area contributed by atoms with Gasteiger partial charge < -0.3 is 5.11 Å². The van der Waals surface area contributed by atoms with Crippen LogP contribution in [0.5, 0.6) is 0 Å². The molecule has 4 aliphatic carbocycles. The molecule has 0 heterocycles. The van der Waals surface area contributed by atoms with Crippen LogP contribution in [0.3, 0.4) is 0 Å². The molecule has 0 saturated heterocycles. The summed E-state index contributed by atoms with van der Waals surface area (Å²) in [5, 5.41) is 8.86. The fraction of sp³-hybridized carbons (Fsp3) is 0.800. The Hall–Kier alpha value is -0.790. The van der Waals surface area contributed by atoms with Gasteiger partial charge in [0.2, 0.25) is 0 Å². The van der Waals surface area contributed by atoms with Crippen LogP contribution in [0.25, 0.3) is 0 Å². The van der Waals surface area contributed by atoms with E-state index in [0.717, 1.165) is 36.0 Å². The highest BCUT2D eigenvalue weighted by atomic mass is 16.4. The lowest BCUT2D eigenvalue weighted by molar-refractivity contribution is -0.132. The van der Waals surface area contributed by atoms with E-state index in [1.54, 1.807) is 0 Å². The lowest BCUT2D eigenvalue weighted by atomic mass is 9.51. The Morgan fingerprint density at radius 3 is 2.06 bits per heavy atom. The Morgan fingerprint density at radius 2 is 1.59 bits per heavy atom. The zero-order chi connectivity index (χ0) is 12.0. The van der Waals surface area contributed by atoms with Gasteiger partial charge in [-0.1, -0.05) is 6.58 Å². The van der Waals surface area contributed by atoms with Gasteiger partial charge in [0.1, 0.15) is 0 Å². The Balaban J connectivity index is 1.61. The van der Waals surface area contributed by atoms with Crippen LogP contribution in [0.4, 0.5) is 0 Å². The van der Waals surface area contributed by atoms with Gasteiger partial charge in [-0.2, -0.15) is 0 Å². The number of carbonyl (C=O) groups is 1. The zero-order valence-electron chi connectivity index (χ0n) is 10.4. The van der Waals surface area contributed by atoms with E-state index < -0.39 is 5.97 Å². The summed E-state index contributed by atoms with van der Waals surface area (Å²) in [5.41, 5.74) is 0.402. The van der Waals surface area contributed by atoms with Gasteiger partial charge in [0.05, 0.1) is 0 Å². The molecule has 1 N–H and O–H groups in total. The van der Waals surface area contributed by atoms with Crippen LogP contribution in [-0.4, -0.2) is 11.1 Å². The van der Waals surface area contributed by atoms with E-state index in [0.29, 0.717) is 12.0 Å². The highest BCUT2D eigenvalue weighted by Crippen LogP contribution is 2.57. The first-order valence-corrected chi connectivity index (χ1v) is 7.04. The molecule has 94 valence electrons. The van der Waals surface area contributed by atoms with Crippen LogP contribution in [0, 0.1) is 29.6 Å². The summed E-state index contributed by atoms with van der Waals surface area (Å²) in [7, 11) is 0. The van der Waals surface area contributed by atoms with Crippen molar-refractivity contribution in [2.75, 3.05) is 0 Å². The standard InChI is InChI=1S/C15H22O2/c1-9(15(16)17)2-3-14-12-5-10-4-11(7-12)8-13(14)6-10/h10-14H,1-8H2,(H,16,17). The van der Waals surface area contributed by atoms with Crippen LogP contribution >= 0.6 is 0 Å². The van der Waals surface area contributed by atoms with Gasteiger partial charge in [-0.25, -0.2) is 4.79 Å². The quantitative estimate of drug-likeness (QED) is 0.756. The maximum Gasteiger partial charge on any atom is 0.330 e. The van der Waals surface area contributed by atoms with Crippen molar-refractivity contribution < 1.29 is 9.90 Å². The summed E-state index contributed by atoms with van der Waals surface area (Å²) >= 11 is 0. The van der Waals surface area contributed by atoms with Crippen molar-refractivity contribution in [3.05, 3.63) is 12.2 Å². The summed E-state index contributed by atoms with van der Waals surface area (Å²) in [5.74, 6) is 3.83. The molecule has 17 heavy (non-hydrogen) atoms.